The van der Waals surface area contributed by atoms with Gasteiger partial charge in [0.1, 0.15) is 11.2 Å². The van der Waals surface area contributed by atoms with Crippen molar-refractivity contribution < 1.29 is 5.11 Å². The van der Waals surface area contributed by atoms with E-state index in [1.165, 1.54) is 23.9 Å². The minimum Gasteiger partial charge on any atom is -0.506 e. The molecule has 0 aliphatic rings. The maximum atomic E-state index is 9.21. The second-order valence-electron chi connectivity index (χ2n) is 2.94. The largest absolute Gasteiger partial charge is 0.506 e. The fourth-order valence-corrected chi connectivity index (χ4v) is 1.52. The van der Waals surface area contributed by atoms with Crippen LogP contribution in [0.15, 0.2) is 28.4 Å². The van der Waals surface area contributed by atoms with Gasteiger partial charge in [0, 0.05) is 0 Å². The van der Waals surface area contributed by atoms with Crippen LogP contribution in [-0.2, 0) is 0 Å². The Bertz CT molecular complexity index is 441. The van der Waals surface area contributed by atoms with Gasteiger partial charge >= 0.3 is 0 Å². The third-order valence-corrected chi connectivity index (χ3v) is 2.84. The number of aromatic hydroxyl groups is 1. The Morgan fingerprint density at radius 2 is 2.35 bits per heavy atom. The normalized spacial score (nSPS) is 12.6. The van der Waals surface area contributed by atoms with Crippen LogP contribution in [0.3, 0.4) is 0 Å². The minimum atomic E-state index is -0.315. The van der Waals surface area contributed by atoms with Crippen LogP contribution in [0, 0.1) is 0 Å². The molecule has 0 saturated heterocycles. The monoisotopic (exact) mass is 290 g/mol. The number of rotatable bonds is 3. The number of benzene rings is 1. The molecule has 1 aromatic carbocycles. The topological polar surface area (TPSA) is 83.0 Å². The van der Waals surface area contributed by atoms with E-state index < -0.39 is 0 Å². The first-order valence-corrected chi connectivity index (χ1v) is 6.59. The lowest BCUT2D eigenvalue weighted by Crippen LogP contribution is -2.36. The van der Waals surface area contributed by atoms with Crippen LogP contribution in [0.5, 0.6) is 5.75 Å². The van der Waals surface area contributed by atoms with Crippen LogP contribution in [0.2, 0.25) is 5.02 Å². The molecule has 0 aromatic heterocycles. The van der Waals surface area contributed by atoms with E-state index in [1.54, 1.807) is 6.07 Å². The van der Waals surface area contributed by atoms with Crippen LogP contribution in [0.4, 0.5) is 5.69 Å². The summed E-state index contributed by atoms with van der Waals surface area (Å²) in [5.41, 5.74) is 5.78. The quantitative estimate of drug-likeness (QED) is 0.453. The molecule has 5 nitrogen and oxygen atoms in total. The summed E-state index contributed by atoms with van der Waals surface area (Å²) in [5, 5.41) is 20.0. The third-order valence-electron chi connectivity index (χ3n) is 1.71. The molecule has 0 spiro atoms. The van der Waals surface area contributed by atoms with Gasteiger partial charge in [-0.2, -0.15) is 0 Å². The van der Waals surface area contributed by atoms with Crippen molar-refractivity contribution in [1.29, 1.82) is 0 Å². The summed E-state index contributed by atoms with van der Waals surface area (Å²) in [6.07, 6.45) is 1.84. The van der Waals surface area contributed by atoms with Gasteiger partial charge in [0.25, 0.3) is 0 Å². The van der Waals surface area contributed by atoms with Crippen molar-refractivity contribution in [3.05, 3.63) is 23.2 Å². The summed E-state index contributed by atoms with van der Waals surface area (Å²) in [6.45, 7) is 0. The lowest BCUT2D eigenvalue weighted by Gasteiger charge is -2.08. The molecule has 0 aliphatic carbocycles. The van der Waals surface area contributed by atoms with E-state index in [9.17, 15) is 5.11 Å². The number of hydrogen-bond acceptors (Lipinski definition) is 5. The molecular formula is C9H11ClN4OS2. The van der Waals surface area contributed by atoms with E-state index in [1.807, 2.05) is 6.26 Å². The van der Waals surface area contributed by atoms with Crippen molar-refractivity contribution in [2.24, 2.45) is 16.0 Å². The fourth-order valence-electron chi connectivity index (χ4n) is 0.871. The Morgan fingerprint density at radius 1 is 1.65 bits per heavy atom. The second kappa shape index (κ2) is 6.75. The zero-order valence-electron chi connectivity index (χ0n) is 8.92. The fraction of sp³-hybridized carbons (Fsp3) is 0.222. The van der Waals surface area contributed by atoms with E-state index in [-0.39, 0.29) is 21.4 Å². The smallest absolute Gasteiger partial charge is 0.215 e. The summed E-state index contributed by atoms with van der Waals surface area (Å²) in [4.78, 5) is 0. The summed E-state index contributed by atoms with van der Waals surface area (Å²) >= 11 is 12.0. The Kier molecular flexibility index (Phi) is 5.63. The third kappa shape index (κ3) is 4.86. The second-order valence-corrected chi connectivity index (χ2v) is 4.71. The molecule has 1 rings (SSSR count). The number of nitrogens with one attached hydrogen (secondary N) is 1. The number of phenols is 1. The molecule has 0 aliphatic heterocycles. The number of hydrogen-bond donors (Lipinski definition) is 3. The van der Waals surface area contributed by atoms with E-state index >= 15 is 0 Å². The molecule has 0 heterocycles. The van der Waals surface area contributed by atoms with E-state index in [2.05, 4.69) is 15.5 Å². The number of nitrogens with zero attached hydrogens (tertiary/aromatic N) is 2. The molecular weight excluding hydrogens is 280 g/mol. The van der Waals surface area contributed by atoms with Crippen molar-refractivity contribution in [2.45, 2.75) is 5.50 Å². The molecule has 1 aromatic rings. The molecule has 0 amide bonds. The van der Waals surface area contributed by atoms with Crippen molar-refractivity contribution in [3.63, 3.8) is 0 Å². The van der Waals surface area contributed by atoms with Crippen LogP contribution < -0.4 is 11.1 Å². The van der Waals surface area contributed by atoms with Crippen LogP contribution in [-0.4, -0.2) is 22.0 Å². The maximum Gasteiger partial charge on any atom is 0.215 e. The number of thioether (sulfide) groups is 1. The summed E-state index contributed by atoms with van der Waals surface area (Å²) in [5.74, 6) is -0.00396. The first kappa shape index (κ1) is 14.2. The molecule has 0 saturated carbocycles. The summed E-state index contributed by atoms with van der Waals surface area (Å²) in [6, 6.07) is 4.49. The Morgan fingerprint density at radius 3 is 2.94 bits per heavy atom. The molecule has 92 valence electrons. The number of thiocarbonyl (C=S) groups is 1. The van der Waals surface area contributed by atoms with Gasteiger partial charge in [-0.3, -0.25) is 0 Å². The van der Waals surface area contributed by atoms with Gasteiger partial charge in [-0.1, -0.05) is 11.6 Å². The average Bonchev–Trinajstić information content (AvgIpc) is 2.30. The highest BCUT2D eigenvalue weighted by molar-refractivity contribution is 7.99. The predicted octanol–water partition coefficient (Wildman–Crippen LogP) is 2.61. The molecule has 0 bridgehead atoms. The predicted molar refractivity (Wildman–Crippen MR) is 74.9 cm³/mol. The van der Waals surface area contributed by atoms with Crippen LogP contribution >= 0.6 is 35.6 Å². The number of azo groups is 1. The Balaban J connectivity index is 2.64. The molecule has 1 unspecified atom stereocenters. The highest BCUT2D eigenvalue weighted by Gasteiger charge is 2.01. The maximum absolute atomic E-state index is 9.21. The zero-order chi connectivity index (χ0) is 12.8. The highest BCUT2D eigenvalue weighted by atomic mass is 35.5. The zero-order valence-corrected chi connectivity index (χ0v) is 11.3. The van der Waals surface area contributed by atoms with Gasteiger partial charge in [0.2, 0.25) is 5.11 Å². The highest BCUT2D eigenvalue weighted by Crippen LogP contribution is 2.27. The molecule has 0 fully saturated rings. The average molecular weight is 291 g/mol. The summed E-state index contributed by atoms with van der Waals surface area (Å²) in [7, 11) is 0. The Hall–Kier alpha value is -0.890. The van der Waals surface area contributed by atoms with Crippen LogP contribution in [0.1, 0.15) is 0 Å². The molecule has 8 heteroatoms. The van der Waals surface area contributed by atoms with E-state index in [0.29, 0.717) is 5.69 Å². The van der Waals surface area contributed by atoms with Gasteiger partial charge in [-0.25, -0.2) is 0 Å². The number of nitrogens with two attached hydrogens (primary N) is 1. The van der Waals surface area contributed by atoms with E-state index in [0.717, 1.165) is 0 Å². The number of phenolic OH excluding ortho intramolecular Hbond substituents is 1. The number of halogens is 1. The SMILES string of the molecule is CSC(N)NC(=S)N=Nc1ccc(O)c(Cl)c1. The summed E-state index contributed by atoms with van der Waals surface area (Å²) < 4.78 is 0. The molecule has 17 heavy (non-hydrogen) atoms. The van der Waals surface area contributed by atoms with E-state index in [4.69, 9.17) is 29.6 Å². The molecule has 4 N–H and O–H groups in total. The van der Waals surface area contributed by atoms with Gasteiger partial charge in [-0.15, -0.1) is 22.0 Å². The van der Waals surface area contributed by atoms with Gasteiger partial charge < -0.3 is 16.2 Å². The van der Waals surface area contributed by atoms with Crippen molar-refractivity contribution in [2.75, 3.05) is 6.26 Å². The van der Waals surface area contributed by atoms with Gasteiger partial charge in [0.05, 0.1) is 10.7 Å². The Labute approximate surface area is 113 Å². The van der Waals surface area contributed by atoms with Crippen molar-refractivity contribution in [1.82, 2.24) is 5.32 Å². The first-order valence-electron chi connectivity index (χ1n) is 4.52. The first-order chi connectivity index (χ1) is 8.02. The lowest BCUT2D eigenvalue weighted by molar-refractivity contribution is 0.475. The lowest BCUT2D eigenvalue weighted by atomic mass is 10.3. The minimum absolute atomic E-state index is 0.00396. The molecule has 0 radical (unpaired) electrons. The standard InChI is InChI=1S/C9H11ClN4OS2/c1-17-8(11)12-9(16)14-13-5-2-3-7(15)6(10)4-5/h2-4,8,15H,11H2,1H3,(H,12,16). The van der Waals surface area contributed by atoms with Crippen LogP contribution in [0.25, 0.3) is 0 Å². The molecule has 1 atom stereocenters. The van der Waals surface area contributed by atoms with Crippen molar-refractivity contribution >= 4 is 46.4 Å². The van der Waals surface area contributed by atoms with Gasteiger partial charge in [0.15, 0.2) is 0 Å². The van der Waals surface area contributed by atoms with Gasteiger partial charge in [-0.05, 0) is 36.7 Å². The van der Waals surface area contributed by atoms with Crippen molar-refractivity contribution in [3.8, 4) is 5.75 Å².